The third kappa shape index (κ3) is 3.27. The Morgan fingerprint density at radius 3 is 2.00 bits per heavy atom. The van der Waals surface area contributed by atoms with Gasteiger partial charge < -0.3 is 19.5 Å². The van der Waals surface area contributed by atoms with Gasteiger partial charge in [0.05, 0.1) is 27.9 Å². The molecular formula is C12H17NO4. The molecule has 0 bridgehead atoms. The summed E-state index contributed by atoms with van der Waals surface area (Å²) in [6, 6.07) is 3.51. The maximum absolute atomic E-state index is 10.9. The molecule has 94 valence electrons. The molecule has 0 radical (unpaired) electrons. The van der Waals surface area contributed by atoms with Crippen molar-refractivity contribution in [3.8, 4) is 17.2 Å². The fraction of sp³-hybridized carbons (Fsp3) is 0.417. The number of nitrogens with one attached hydrogen (secondary N) is 1. The van der Waals surface area contributed by atoms with Gasteiger partial charge in [-0.15, -0.1) is 0 Å². The molecule has 0 aliphatic heterocycles. The smallest absolute Gasteiger partial charge is 0.203 e. The molecular weight excluding hydrogens is 222 g/mol. The quantitative estimate of drug-likeness (QED) is 0.819. The van der Waals surface area contributed by atoms with Crippen molar-refractivity contribution in [2.24, 2.45) is 0 Å². The molecule has 0 saturated heterocycles. The lowest BCUT2D eigenvalue weighted by Gasteiger charge is -2.14. The standard InChI is InChI=1S/C12H17NO4/c1-8(14)7-13-9-5-10(15-2)12(17-4)11(6-9)16-3/h5-6,13H,7H2,1-4H3. The molecule has 1 aromatic rings. The first-order valence-corrected chi connectivity index (χ1v) is 5.15. The van der Waals surface area contributed by atoms with E-state index < -0.39 is 0 Å². The molecule has 1 rings (SSSR count). The first-order chi connectivity index (χ1) is 8.12. The predicted octanol–water partition coefficient (Wildman–Crippen LogP) is 1.71. The summed E-state index contributed by atoms with van der Waals surface area (Å²) in [7, 11) is 4.64. The fourth-order valence-electron chi connectivity index (χ4n) is 1.41. The van der Waals surface area contributed by atoms with Crippen molar-refractivity contribution in [3.63, 3.8) is 0 Å². The van der Waals surface area contributed by atoms with E-state index in [1.54, 1.807) is 33.5 Å². The van der Waals surface area contributed by atoms with Crippen LogP contribution in [0.25, 0.3) is 0 Å². The third-order valence-corrected chi connectivity index (χ3v) is 2.21. The molecule has 0 spiro atoms. The summed E-state index contributed by atoms with van der Waals surface area (Å²) >= 11 is 0. The molecule has 0 unspecified atom stereocenters. The van der Waals surface area contributed by atoms with Gasteiger partial charge in [-0.05, 0) is 6.92 Å². The molecule has 0 heterocycles. The molecule has 0 saturated carbocycles. The molecule has 1 N–H and O–H groups in total. The van der Waals surface area contributed by atoms with Gasteiger partial charge in [-0.2, -0.15) is 0 Å². The van der Waals surface area contributed by atoms with Crippen molar-refractivity contribution in [3.05, 3.63) is 12.1 Å². The Kier molecular flexibility index (Phi) is 4.63. The molecule has 0 fully saturated rings. The van der Waals surface area contributed by atoms with Crippen LogP contribution in [-0.2, 0) is 4.79 Å². The van der Waals surface area contributed by atoms with Gasteiger partial charge in [-0.25, -0.2) is 0 Å². The summed E-state index contributed by atoms with van der Waals surface area (Å²) in [4.78, 5) is 10.9. The van der Waals surface area contributed by atoms with Crippen LogP contribution in [0.2, 0.25) is 0 Å². The van der Waals surface area contributed by atoms with Crippen LogP contribution in [0.1, 0.15) is 6.92 Å². The van der Waals surface area contributed by atoms with E-state index in [1.165, 1.54) is 6.92 Å². The summed E-state index contributed by atoms with van der Waals surface area (Å²) in [5.41, 5.74) is 0.745. The van der Waals surface area contributed by atoms with Crippen LogP contribution in [0.4, 0.5) is 5.69 Å². The summed E-state index contributed by atoms with van der Waals surface area (Å²) < 4.78 is 15.6. The van der Waals surface area contributed by atoms with Crippen molar-refractivity contribution in [1.29, 1.82) is 0 Å². The van der Waals surface area contributed by atoms with E-state index in [4.69, 9.17) is 14.2 Å². The lowest BCUT2D eigenvalue weighted by Crippen LogP contribution is -2.10. The van der Waals surface area contributed by atoms with E-state index in [0.29, 0.717) is 17.2 Å². The largest absolute Gasteiger partial charge is 0.493 e. The summed E-state index contributed by atoms with van der Waals surface area (Å²) in [6.07, 6.45) is 0. The van der Waals surface area contributed by atoms with Crippen molar-refractivity contribution in [2.45, 2.75) is 6.92 Å². The first kappa shape index (κ1) is 13.2. The summed E-state index contributed by atoms with van der Waals surface area (Å²) in [5.74, 6) is 1.69. The van der Waals surface area contributed by atoms with Gasteiger partial charge in [0.1, 0.15) is 5.78 Å². The highest BCUT2D eigenvalue weighted by atomic mass is 16.5. The number of carbonyl (C=O) groups is 1. The lowest BCUT2D eigenvalue weighted by atomic mass is 10.2. The molecule has 1 aromatic carbocycles. The number of methoxy groups -OCH3 is 3. The Morgan fingerprint density at radius 1 is 1.12 bits per heavy atom. The first-order valence-electron chi connectivity index (χ1n) is 5.15. The van der Waals surface area contributed by atoms with Gasteiger partial charge in [-0.1, -0.05) is 0 Å². The van der Waals surface area contributed by atoms with Crippen LogP contribution >= 0.6 is 0 Å². The zero-order chi connectivity index (χ0) is 12.8. The van der Waals surface area contributed by atoms with E-state index in [1.807, 2.05) is 0 Å². The second kappa shape index (κ2) is 5.98. The predicted molar refractivity (Wildman–Crippen MR) is 65.3 cm³/mol. The van der Waals surface area contributed by atoms with Crippen LogP contribution in [-0.4, -0.2) is 33.7 Å². The van der Waals surface area contributed by atoms with Gasteiger partial charge in [0.2, 0.25) is 5.75 Å². The van der Waals surface area contributed by atoms with Crippen LogP contribution in [0.15, 0.2) is 12.1 Å². The van der Waals surface area contributed by atoms with Gasteiger partial charge in [0.15, 0.2) is 11.5 Å². The zero-order valence-corrected chi connectivity index (χ0v) is 10.5. The third-order valence-electron chi connectivity index (χ3n) is 2.21. The molecule has 0 atom stereocenters. The number of hydrogen-bond donors (Lipinski definition) is 1. The number of anilines is 1. The number of ether oxygens (including phenoxy) is 3. The zero-order valence-electron chi connectivity index (χ0n) is 10.5. The normalized spacial score (nSPS) is 9.65. The topological polar surface area (TPSA) is 56.8 Å². The number of hydrogen-bond acceptors (Lipinski definition) is 5. The average Bonchev–Trinajstić information content (AvgIpc) is 2.34. The second-order valence-corrected chi connectivity index (χ2v) is 3.47. The molecule has 17 heavy (non-hydrogen) atoms. The van der Waals surface area contributed by atoms with E-state index in [-0.39, 0.29) is 12.3 Å². The molecule has 5 heteroatoms. The Morgan fingerprint density at radius 2 is 1.65 bits per heavy atom. The Labute approximate surface area is 101 Å². The SMILES string of the molecule is COc1cc(NCC(C)=O)cc(OC)c1OC. The number of ketones is 1. The van der Waals surface area contributed by atoms with E-state index in [0.717, 1.165) is 5.69 Å². The highest BCUT2D eigenvalue weighted by Crippen LogP contribution is 2.39. The van der Waals surface area contributed by atoms with Crippen molar-refractivity contribution < 1.29 is 19.0 Å². The molecule has 0 amide bonds. The van der Waals surface area contributed by atoms with Gasteiger partial charge in [0.25, 0.3) is 0 Å². The highest BCUT2D eigenvalue weighted by molar-refractivity contribution is 5.80. The van der Waals surface area contributed by atoms with Crippen LogP contribution in [0.5, 0.6) is 17.2 Å². The average molecular weight is 239 g/mol. The fourth-order valence-corrected chi connectivity index (χ4v) is 1.41. The summed E-state index contributed by atoms with van der Waals surface area (Å²) in [6.45, 7) is 1.78. The monoisotopic (exact) mass is 239 g/mol. The minimum atomic E-state index is 0.0544. The lowest BCUT2D eigenvalue weighted by molar-refractivity contribution is -0.115. The number of carbonyl (C=O) groups excluding carboxylic acids is 1. The number of benzene rings is 1. The van der Waals surface area contributed by atoms with E-state index in [2.05, 4.69) is 5.32 Å². The van der Waals surface area contributed by atoms with Gasteiger partial charge in [0, 0.05) is 17.8 Å². The molecule has 0 aromatic heterocycles. The van der Waals surface area contributed by atoms with Crippen LogP contribution < -0.4 is 19.5 Å². The highest BCUT2D eigenvalue weighted by Gasteiger charge is 2.12. The van der Waals surface area contributed by atoms with Crippen LogP contribution in [0, 0.1) is 0 Å². The molecule has 5 nitrogen and oxygen atoms in total. The Bertz CT molecular complexity index is 378. The minimum Gasteiger partial charge on any atom is -0.493 e. The van der Waals surface area contributed by atoms with Gasteiger partial charge in [-0.3, -0.25) is 4.79 Å². The molecule has 0 aliphatic carbocycles. The number of rotatable bonds is 6. The van der Waals surface area contributed by atoms with Gasteiger partial charge >= 0.3 is 0 Å². The number of Topliss-reactive ketones (excluding diaryl/α,β-unsaturated/α-hetero) is 1. The molecule has 0 aliphatic rings. The van der Waals surface area contributed by atoms with Crippen molar-refractivity contribution in [1.82, 2.24) is 0 Å². The Balaban J connectivity index is 3.04. The maximum atomic E-state index is 10.9. The van der Waals surface area contributed by atoms with E-state index >= 15 is 0 Å². The Hall–Kier alpha value is -1.91. The van der Waals surface area contributed by atoms with Crippen molar-refractivity contribution >= 4 is 11.5 Å². The van der Waals surface area contributed by atoms with E-state index in [9.17, 15) is 4.79 Å². The second-order valence-electron chi connectivity index (χ2n) is 3.47. The maximum Gasteiger partial charge on any atom is 0.203 e. The van der Waals surface area contributed by atoms with Crippen LogP contribution in [0.3, 0.4) is 0 Å². The summed E-state index contributed by atoms with van der Waals surface area (Å²) in [5, 5.41) is 2.98. The minimum absolute atomic E-state index is 0.0544. The van der Waals surface area contributed by atoms with Crippen molar-refractivity contribution in [2.75, 3.05) is 33.2 Å².